The summed E-state index contributed by atoms with van der Waals surface area (Å²) >= 11 is 0. The molecule has 138 valence electrons. The van der Waals surface area contributed by atoms with Crippen molar-refractivity contribution >= 4 is 17.5 Å². The fourth-order valence-electron chi connectivity index (χ4n) is 2.68. The zero-order chi connectivity index (χ0) is 19.2. The van der Waals surface area contributed by atoms with E-state index >= 15 is 0 Å². The third kappa shape index (κ3) is 4.82. The first kappa shape index (κ1) is 18.4. The van der Waals surface area contributed by atoms with E-state index in [-0.39, 0.29) is 17.9 Å². The summed E-state index contributed by atoms with van der Waals surface area (Å²) in [6.07, 6.45) is 5.37. The number of benzene rings is 2. The molecule has 1 heterocycles. The second-order valence-corrected chi connectivity index (χ2v) is 6.56. The maximum atomic E-state index is 12.6. The maximum Gasteiger partial charge on any atom is 0.255 e. The van der Waals surface area contributed by atoms with Gasteiger partial charge in [0.1, 0.15) is 0 Å². The summed E-state index contributed by atoms with van der Waals surface area (Å²) in [5, 5.41) is 5.67. The molecule has 1 aromatic heterocycles. The summed E-state index contributed by atoms with van der Waals surface area (Å²) < 4.78 is 1.96. The largest absolute Gasteiger partial charge is 0.350 e. The number of hydrogen-bond acceptors (Lipinski definition) is 3. The van der Waals surface area contributed by atoms with Gasteiger partial charge >= 0.3 is 0 Å². The molecule has 2 amide bonds. The standard InChI is InChI=1S/C21H22N4O2/c1-15(2)23-21(27)18-5-3-4-6-19(18)24-20(26)17-9-7-16(8-10-17)13-25-12-11-22-14-25/h3-12,14-15H,13H2,1-2H3,(H,23,27)(H,24,26). The van der Waals surface area contributed by atoms with E-state index in [1.165, 1.54) is 0 Å². The fraction of sp³-hybridized carbons (Fsp3) is 0.190. The van der Waals surface area contributed by atoms with Crippen LogP contribution in [0.1, 0.15) is 40.1 Å². The molecule has 0 saturated carbocycles. The van der Waals surface area contributed by atoms with Gasteiger partial charge in [-0.25, -0.2) is 4.98 Å². The van der Waals surface area contributed by atoms with Gasteiger partial charge in [-0.1, -0.05) is 24.3 Å². The quantitative estimate of drug-likeness (QED) is 0.706. The van der Waals surface area contributed by atoms with Crippen LogP contribution < -0.4 is 10.6 Å². The van der Waals surface area contributed by atoms with Gasteiger partial charge in [0, 0.05) is 30.5 Å². The van der Waals surface area contributed by atoms with Crippen LogP contribution in [0, 0.1) is 0 Å². The number of carbonyl (C=O) groups excluding carboxylic acids is 2. The molecule has 0 atom stereocenters. The van der Waals surface area contributed by atoms with E-state index in [0.29, 0.717) is 23.4 Å². The Bertz CT molecular complexity index is 916. The summed E-state index contributed by atoms with van der Waals surface area (Å²) in [7, 11) is 0. The molecule has 0 unspecified atom stereocenters. The van der Waals surface area contributed by atoms with Crippen LogP contribution in [0.5, 0.6) is 0 Å². The van der Waals surface area contributed by atoms with E-state index in [1.807, 2.05) is 36.7 Å². The molecule has 0 bridgehead atoms. The number of anilines is 1. The Balaban J connectivity index is 1.71. The van der Waals surface area contributed by atoms with E-state index in [4.69, 9.17) is 0 Å². The van der Waals surface area contributed by atoms with Crippen molar-refractivity contribution in [1.29, 1.82) is 0 Å². The molecule has 6 heteroatoms. The van der Waals surface area contributed by atoms with E-state index in [0.717, 1.165) is 5.56 Å². The van der Waals surface area contributed by atoms with E-state index in [9.17, 15) is 9.59 Å². The molecule has 0 saturated heterocycles. The van der Waals surface area contributed by atoms with Crippen LogP contribution in [0.2, 0.25) is 0 Å². The van der Waals surface area contributed by atoms with Gasteiger partial charge in [0.25, 0.3) is 11.8 Å². The first-order chi connectivity index (χ1) is 13.0. The zero-order valence-electron chi connectivity index (χ0n) is 15.3. The molecule has 0 aliphatic rings. The molecule has 3 aromatic rings. The molecule has 27 heavy (non-hydrogen) atoms. The number of imidazole rings is 1. The SMILES string of the molecule is CC(C)NC(=O)c1ccccc1NC(=O)c1ccc(Cn2ccnc2)cc1. The highest BCUT2D eigenvalue weighted by atomic mass is 16.2. The minimum atomic E-state index is -0.256. The Morgan fingerprint density at radius 2 is 1.78 bits per heavy atom. The summed E-state index contributed by atoms with van der Waals surface area (Å²) in [4.78, 5) is 28.9. The van der Waals surface area contributed by atoms with Gasteiger partial charge in [0.15, 0.2) is 0 Å². The lowest BCUT2D eigenvalue weighted by molar-refractivity contribution is 0.0944. The Morgan fingerprint density at radius 1 is 1.04 bits per heavy atom. The van der Waals surface area contributed by atoms with Gasteiger partial charge in [0.05, 0.1) is 17.6 Å². The average molecular weight is 362 g/mol. The second-order valence-electron chi connectivity index (χ2n) is 6.56. The minimum Gasteiger partial charge on any atom is -0.350 e. The smallest absolute Gasteiger partial charge is 0.255 e. The van der Waals surface area contributed by atoms with Crippen molar-refractivity contribution in [3.8, 4) is 0 Å². The zero-order valence-corrected chi connectivity index (χ0v) is 15.3. The van der Waals surface area contributed by atoms with Crippen molar-refractivity contribution in [2.75, 3.05) is 5.32 Å². The first-order valence-electron chi connectivity index (χ1n) is 8.79. The first-order valence-corrected chi connectivity index (χ1v) is 8.79. The van der Waals surface area contributed by atoms with Crippen LogP contribution >= 0.6 is 0 Å². The van der Waals surface area contributed by atoms with Gasteiger partial charge in [-0.3, -0.25) is 9.59 Å². The van der Waals surface area contributed by atoms with Crippen molar-refractivity contribution in [3.05, 3.63) is 83.9 Å². The van der Waals surface area contributed by atoms with E-state index in [1.54, 1.807) is 48.9 Å². The highest BCUT2D eigenvalue weighted by Gasteiger charge is 2.14. The van der Waals surface area contributed by atoms with E-state index < -0.39 is 0 Å². The van der Waals surface area contributed by atoms with E-state index in [2.05, 4.69) is 15.6 Å². The molecular weight excluding hydrogens is 340 g/mol. The molecule has 0 aliphatic carbocycles. The van der Waals surface area contributed by atoms with Crippen LogP contribution in [0.4, 0.5) is 5.69 Å². The lowest BCUT2D eigenvalue weighted by atomic mass is 10.1. The molecule has 0 spiro atoms. The molecule has 0 aliphatic heterocycles. The average Bonchev–Trinajstić information content (AvgIpc) is 3.15. The maximum absolute atomic E-state index is 12.6. The second kappa shape index (κ2) is 8.31. The number of amides is 2. The van der Waals surface area contributed by atoms with Crippen LogP contribution in [0.15, 0.2) is 67.3 Å². The Hall–Kier alpha value is -3.41. The van der Waals surface area contributed by atoms with Crippen molar-refractivity contribution in [2.45, 2.75) is 26.4 Å². The van der Waals surface area contributed by atoms with Crippen LogP contribution in [0.3, 0.4) is 0 Å². The summed E-state index contributed by atoms with van der Waals surface area (Å²) in [6, 6.07) is 14.4. The number of nitrogens with zero attached hydrogens (tertiary/aromatic N) is 2. The number of aromatic nitrogens is 2. The minimum absolute atomic E-state index is 0.0179. The van der Waals surface area contributed by atoms with Gasteiger partial charge in [-0.15, -0.1) is 0 Å². The highest BCUT2D eigenvalue weighted by molar-refractivity contribution is 6.09. The molecule has 0 radical (unpaired) electrons. The van der Waals surface area contributed by atoms with Crippen LogP contribution in [-0.4, -0.2) is 27.4 Å². The predicted molar refractivity (Wildman–Crippen MR) is 105 cm³/mol. The molecule has 6 nitrogen and oxygen atoms in total. The monoisotopic (exact) mass is 362 g/mol. The van der Waals surface area contributed by atoms with Crippen molar-refractivity contribution in [3.63, 3.8) is 0 Å². The number of para-hydroxylation sites is 1. The highest BCUT2D eigenvalue weighted by Crippen LogP contribution is 2.17. The normalized spacial score (nSPS) is 10.6. The van der Waals surface area contributed by atoms with Crippen molar-refractivity contribution in [2.24, 2.45) is 0 Å². The number of nitrogens with one attached hydrogen (secondary N) is 2. The lowest BCUT2D eigenvalue weighted by Crippen LogP contribution is -2.31. The van der Waals surface area contributed by atoms with Crippen LogP contribution in [-0.2, 0) is 6.54 Å². The van der Waals surface area contributed by atoms with Gasteiger partial charge in [-0.05, 0) is 43.7 Å². The molecule has 2 N–H and O–H groups in total. The Labute approximate surface area is 158 Å². The predicted octanol–water partition coefficient (Wildman–Crippen LogP) is 3.32. The van der Waals surface area contributed by atoms with Crippen molar-refractivity contribution in [1.82, 2.24) is 14.9 Å². The molecule has 0 fully saturated rings. The summed E-state index contributed by atoms with van der Waals surface area (Å²) in [5.74, 6) is -0.467. The van der Waals surface area contributed by atoms with Gasteiger partial charge in [0.2, 0.25) is 0 Å². The van der Waals surface area contributed by atoms with Crippen molar-refractivity contribution < 1.29 is 9.59 Å². The van der Waals surface area contributed by atoms with Gasteiger partial charge < -0.3 is 15.2 Å². The summed E-state index contributed by atoms with van der Waals surface area (Å²) in [6.45, 7) is 4.48. The molecule has 2 aromatic carbocycles. The third-order valence-corrected chi connectivity index (χ3v) is 3.98. The Morgan fingerprint density at radius 3 is 2.44 bits per heavy atom. The molecular formula is C21H22N4O2. The number of rotatable bonds is 6. The molecule has 3 rings (SSSR count). The number of carbonyl (C=O) groups is 2. The lowest BCUT2D eigenvalue weighted by Gasteiger charge is -2.13. The number of hydrogen-bond donors (Lipinski definition) is 2. The fourth-order valence-corrected chi connectivity index (χ4v) is 2.68. The third-order valence-electron chi connectivity index (χ3n) is 3.98. The summed E-state index contributed by atoms with van der Waals surface area (Å²) in [5.41, 5.74) is 2.53. The Kier molecular flexibility index (Phi) is 5.66. The van der Waals surface area contributed by atoms with Gasteiger partial charge in [-0.2, -0.15) is 0 Å². The topological polar surface area (TPSA) is 76.0 Å². The van der Waals surface area contributed by atoms with Crippen LogP contribution in [0.25, 0.3) is 0 Å².